The molecule has 0 bridgehead atoms. The van der Waals surface area contributed by atoms with Crippen molar-refractivity contribution < 1.29 is 14.7 Å². The number of carbonyl (C=O) groups excluding carboxylic acids is 1. The highest BCUT2D eigenvalue weighted by Gasteiger charge is 2.09. The molecule has 2 aromatic rings. The van der Waals surface area contributed by atoms with Crippen molar-refractivity contribution in [3.05, 3.63) is 27.9 Å². The van der Waals surface area contributed by atoms with Crippen LogP contribution in [0, 0.1) is 0 Å². The van der Waals surface area contributed by atoms with E-state index in [4.69, 9.17) is 5.11 Å². The number of carbonyl (C=O) groups is 2. The molecular weight excluding hydrogens is 284 g/mol. The maximum absolute atomic E-state index is 11.6. The molecule has 2 N–H and O–H groups in total. The minimum Gasteiger partial charge on any atom is -0.481 e. The van der Waals surface area contributed by atoms with Crippen LogP contribution in [0.2, 0.25) is 0 Å². The highest BCUT2D eigenvalue weighted by atomic mass is 32.1. The summed E-state index contributed by atoms with van der Waals surface area (Å²) in [5, 5.41) is 17.8. The first-order valence-electron chi connectivity index (χ1n) is 5.60. The van der Waals surface area contributed by atoms with E-state index in [9.17, 15) is 9.59 Å². The number of thiophene rings is 1. The number of rotatable bonds is 6. The second-order valence-electron chi connectivity index (χ2n) is 3.83. The smallest absolute Gasteiger partial charge is 0.305 e. The predicted molar refractivity (Wildman–Crippen MR) is 74.4 cm³/mol. The van der Waals surface area contributed by atoms with Gasteiger partial charge in [-0.3, -0.25) is 9.59 Å². The van der Waals surface area contributed by atoms with E-state index in [1.807, 2.05) is 22.2 Å². The summed E-state index contributed by atoms with van der Waals surface area (Å²) in [5.74, 6) is -1.13. The van der Waals surface area contributed by atoms with Crippen LogP contribution >= 0.6 is 22.7 Å². The van der Waals surface area contributed by atoms with E-state index in [1.165, 1.54) is 11.3 Å². The first-order valence-corrected chi connectivity index (χ1v) is 7.43. The number of carboxylic acid groups (broad SMARTS) is 1. The van der Waals surface area contributed by atoms with Crippen LogP contribution in [0.1, 0.15) is 12.1 Å². The van der Waals surface area contributed by atoms with Gasteiger partial charge in [0.05, 0.1) is 18.5 Å². The van der Waals surface area contributed by atoms with E-state index in [0.717, 1.165) is 10.6 Å². The molecule has 0 saturated heterocycles. The molecule has 2 rings (SSSR count). The van der Waals surface area contributed by atoms with Gasteiger partial charge < -0.3 is 10.4 Å². The molecule has 2 heterocycles. The monoisotopic (exact) mass is 296 g/mol. The lowest BCUT2D eigenvalue weighted by Crippen LogP contribution is -2.27. The van der Waals surface area contributed by atoms with E-state index < -0.39 is 5.97 Å². The topological polar surface area (TPSA) is 79.3 Å². The molecule has 0 atom stereocenters. The zero-order chi connectivity index (χ0) is 13.7. The van der Waals surface area contributed by atoms with Crippen LogP contribution in [0.25, 0.3) is 10.6 Å². The van der Waals surface area contributed by atoms with E-state index in [0.29, 0.717) is 5.69 Å². The molecular formula is C12H12N2O3S2. The Bertz CT molecular complexity index is 563. The average Bonchev–Trinajstić information content (AvgIpc) is 2.97. The zero-order valence-corrected chi connectivity index (χ0v) is 11.6. The number of aliphatic carboxylic acids is 1. The van der Waals surface area contributed by atoms with Crippen molar-refractivity contribution in [1.82, 2.24) is 10.3 Å². The molecule has 0 aliphatic rings. The van der Waals surface area contributed by atoms with Crippen molar-refractivity contribution in [3.8, 4) is 10.6 Å². The van der Waals surface area contributed by atoms with Crippen molar-refractivity contribution in [2.24, 2.45) is 0 Å². The molecule has 0 fully saturated rings. The Hall–Kier alpha value is -1.73. The number of carboxylic acids is 1. The fourth-order valence-corrected chi connectivity index (χ4v) is 2.97. The van der Waals surface area contributed by atoms with Gasteiger partial charge in [0.25, 0.3) is 0 Å². The SMILES string of the molecule is O=C(O)CCNC(=O)Cc1csc(-c2ccsc2)n1. The predicted octanol–water partition coefficient (Wildman–Crippen LogP) is 2.00. The molecule has 0 aromatic carbocycles. The molecule has 19 heavy (non-hydrogen) atoms. The van der Waals surface area contributed by atoms with Gasteiger partial charge in [-0.15, -0.1) is 11.3 Å². The quantitative estimate of drug-likeness (QED) is 0.854. The Morgan fingerprint density at radius 3 is 2.89 bits per heavy atom. The Labute approximate surface area is 117 Å². The molecule has 0 unspecified atom stereocenters. The van der Waals surface area contributed by atoms with Crippen LogP contribution in [0.4, 0.5) is 0 Å². The summed E-state index contributed by atoms with van der Waals surface area (Å²) in [6.45, 7) is 0.149. The Morgan fingerprint density at radius 1 is 1.37 bits per heavy atom. The summed E-state index contributed by atoms with van der Waals surface area (Å²) >= 11 is 3.10. The second-order valence-corrected chi connectivity index (χ2v) is 5.46. The van der Waals surface area contributed by atoms with Gasteiger partial charge in [-0.1, -0.05) is 0 Å². The summed E-state index contributed by atoms with van der Waals surface area (Å²) in [6, 6.07) is 1.99. The number of hydrogen-bond donors (Lipinski definition) is 2. The summed E-state index contributed by atoms with van der Waals surface area (Å²) in [4.78, 5) is 26.2. The van der Waals surface area contributed by atoms with Crippen molar-refractivity contribution in [2.45, 2.75) is 12.8 Å². The first kappa shape index (κ1) is 13.7. The molecule has 0 aliphatic heterocycles. The fourth-order valence-electron chi connectivity index (χ4n) is 1.44. The number of nitrogens with zero attached hydrogens (tertiary/aromatic N) is 1. The molecule has 2 aromatic heterocycles. The highest BCUT2D eigenvalue weighted by Crippen LogP contribution is 2.25. The largest absolute Gasteiger partial charge is 0.481 e. The molecule has 7 heteroatoms. The maximum Gasteiger partial charge on any atom is 0.305 e. The van der Waals surface area contributed by atoms with Crippen molar-refractivity contribution in [1.29, 1.82) is 0 Å². The van der Waals surface area contributed by atoms with Gasteiger partial charge in [-0.25, -0.2) is 4.98 Å². The number of thiazole rings is 1. The normalized spacial score (nSPS) is 10.3. The minimum atomic E-state index is -0.922. The Kier molecular flexibility index (Phi) is 4.64. The average molecular weight is 296 g/mol. The van der Waals surface area contributed by atoms with Crippen LogP contribution in [0.15, 0.2) is 22.2 Å². The number of aromatic nitrogens is 1. The number of nitrogens with one attached hydrogen (secondary N) is 1. The zero-order valence-electron chi connectivity index (χ0n) is 9.96. The van der Waals surface area contributed by atoms with Crippen molar-refractivity contribution in [3.63, 3.8) is 0 Å². The lowest BCUT2D eigenvalue weighted by Gasteiger charge is -2.01. The minimum absolute atomic E-state index is 0.0665. The van der Waals surface area contributed by atoms with E-state index >= 15 is 0 Å². The summed E-state index contributed by atoms with van der Waals surface area (Å²) in [7, 11) is 0. The number of amides is 1. The molecule has 100 valence electrons. The summed E-state index contributed by atoms with van der Waals surface area (Å²) in [5.41, 5.74) is 1.77. The number of hydrogen-bond acceptors (Lipinski definition) is 5. The van der Waals surface area contributed by atoms with Crippen LogP contribution < -0.4 is 5.32 Å². The third-order valence-electron chi connectivity index (χ3n) is 2.32. The lowest BCUT2D eigenvalue weighted by atomic mass is 10.3. The summed E-state index contributed by atoms with van der Waals surface area (Å²) in [6.07, 6.45) is 0.114. The van der Waals surface area contributed by atoms with Crippen LogP contribution in [0.5, 0.6) is 0 Å². The van der Waals surface area contributed by atoms with Crippen LogP contribution in [0.3, 0.4) is 0 Å². The van der Waals surface area contributed by atoms with Gasteiger partial charge >= 0.3 is 5.97 Å². The lowest BCUT2D eigenvalue weighted by molar-refractivity contribution is -0.136. The molecule has 1 amide bonds. The first-order chi connectivity index (χ1) is 9.15. The standard InChI is InChI=1S/C12H12N2O3S2/c15-10(13-3-1-11(16)17)5-9-7-19-12(14-9)8-2-4-18-6-8/h2,4,6-7H,1,3,5H2,(H,13,15)(H,16,17). The Morgan fingerprint density at radius 2 is 2.21 bits per heavy atom. The van der Waals surface area contributed by atoms with Gasteiger partial charge in [0, 0.05) is 22.9 Å². The third kappa shape index (κ3) is 4.15. The molecule has 0 spiro atoms. The molecule has 0 aliphatic carbocycles. The molecule has 5 nitrogen and oxygen atoms in total. The molecule has 0 saturated carbocycles. The van der Waals surface area contributed by atoms with Gasteiger partial charge in [0.2, 0.25) is 5.91 Å². The van der Waals surface area contributed by atoms with E-state index in [2.05, 4.69) is 10.3 Å². The van der Waals surface area contributed by atoms with Crippen molar-refractivity contribution >= 4 is 34.6 Å². The van der Waals surface area contributed by atoms with E-state index in [-0.39, 0.29) is 25.3 Å². The van der Waals surface area contributed by atoms with Gasteiger partial charge in [-0.05, 0) is 11.4 Å². The maximum atomic E-state index is 11.6. The second kappa shape index (κ2) is 6.44. The van der Waals surface area contributed by atoms with Gasteiger partial charge in [-0.2, -0.15) is 11.3 Å². The summed E-state index contributed by atoms with van der Waals surface area (Å²) < 4.78 is 0. The van der Waals surface area contributed by atoms with E-state index in [1.54, 1.807) is 11.3 Å². The third-order valence-corrected chi connectivity index (χ3v) is 3.95. The van der Waals surface area contributed by atoms with Crippen molar-refractivity contribution in [2.75, 3.05) is 6.54 Å². The fraction of sp³-hybridized carbons (Fsp3) is 0.250. The van der Waals surface area contributed by atoms with Gasteiger partial charge in [0.1, 0.15) is 5.01 Å². The van der Waals surface area contributed by atoms with Gasteiger partial charge in [0.15, 0.2) is 0 Å². The Balaban J connectivity index is 1.86. The highest BCUT2D eigenvalue weighted by molar-refractivity contribution is 7.14. The molecule has 0 radical (unpaired) electrons. The van der Waals surface area contributed by atoms with Crippen LogP contribution in [-0.2, 0) is 16.0 Å². The van der Waals surface area contributed by atoms with Crippen LogP contribution in [-0.4, -0.2) is 28.5 Å².